The first-order chi connectivity index (χ1) is 13.2. The molecule has 0 radical (unpaired) electrons. The summed E-state index contributed by atoms with van der Waals surface area (Å²) in [6.45, 7) is 0. The zero-order valence-electron chi connectivity index (χ0n) is 14.2. The van der Waals surface area contributed by atoms with Crippen LogP contribution in [0.4, 0.5) is 5.00 Å². The number of benzene rings is 2. The SMILES string of the molecule is O=[N+]([O-])c1ccc([C@H]2Oc3ccccc3[C@H]3CC(c4ccccc4)=NN32)s1. The number of thiophene rings is 1. The summed E-state index contributed by atoms with van der Waals surface area (Å²) in [5.41, 5.74) is 3.17. The van der Waals surface area contributed by atoms with Crippen LogP contribution in [0.3, 0.4) is 0 Å². The van der Waals surface area contributed by atoms with E-state index >= 15 is 0 Å². The fourth-order valence-corrected chi connectivity index (χ4v) is 4.45. The lowest BCUT2D eigenvalue weighted by Crippen LogP contribution is -2.33. The van der Waals surface area contributed by atoms with Crippen LogP contribution in [0.15, 0.2) is 71.8 Å². The number of hydrogen-bond acceptors (Lipinski definition) is 6. The Hall–Kier alpha value is -3.19. The molecule has 1 aromatic heterocycles. The quantitative estimate of drug-likeness (QED) is 0.481. The second-order valence-electron chi connectivity index (χ2n) is 6.45. The summed E-state index contributed by atoms with van der Waals surface area (Å²) in [5.74, 6) is 0.810. The molecule has 7 heteroatoms. The van der Waals surface area contributed by atoms with Gasteiger partial charge in [-0.05, 0) is 17.7 Å². The van der Waals surface area contributed by atoms with E-state index in [1.807, 2.05) is 41.4 Å². The Bertz CT molecular complexity index is 1050. The molecule has 0 N–H and O–H groups in total. The van der Waals surface area contributed by atoms with Crippen molar-refractivity contribution in [1.29, 1.82) is 0 Å². The van der Waals surface area contributed by atoms with Crippen molar-refractivity contribution in [1.82, 2.24) is 5.01 Å². The number of rotatable bonds is 3. The molecular weight excluding hydrogens is 362 g/mol. The van der Waals surface area contributed by atoms with E-state index in [-0.39, 0.29) is 16.0 Å². The van der Waals surface area contributed by atoms with Gasteiger partial charge in [0, 0.05) is 18.1 Å². The van der Waals surface area contributed by atoms with Crippen LogP contribution in [0.1, 0.15) is 34.7 Å². The van der Waals surface area contributed by atoms with Gasteiger partial charge in [-0.1, -0.05) is 59.9 Å². The molecule has 3 heterocycles. The summed E-state index contributed by atoms with van der Waals surface area (Å²) in [5, 5.41) is 18.0. The minimum atomic E-state index is -0.468. The minimum absolute atomic E-state index is 0.0521. The number of hydrazone groups is 1. The molecule has 0 spiro atoms. The highest BCUT2D eigenvalue weighted by atomic mass is 32.1. The number of hydrogen-bond donors (Lipinski definition) is 0. The number of para-hydroxylation sites is 1. The van der Waals surface area contributed by atoms with Crippen molar-refractivity contribution in [2.45, 2.75) is 18.7 Å². The molecule has 27 heavy (non-hydrogen) atoms. The number of nitro groups is 1. The predicted octanol–water partition coefficient (Wildman–Crippen LogP) is 4.90. The summed E-state index contributed by atoms with van der Waals surface area (Å²) in [6, 6.07) is 21.4. The molecule has 5 rings (SSSR count). The molecule has 2 aliphatic heterocycles. The van der Waals surface area contributed by atoms with E-state index in [4.69, 9.17) is 9.84 Å². The Morgan fingerprint density at radius 2 is 1.85 bits per heavy atom. The maximum atomic E-state index is 11.1. The second kappa shape index (κ2) is 6.21. The Kier molecular flexibility index (Phi) is 3.68. The Morgan fingerprint density at radius 1 is 1.07 bits per heavy atom. The third-order valence-corrected chi connectivity index (χ3v) is 5.91. The van der Waals surface area contributed by atoms with Crippen molar-refractivity contribution < 1.29 is 9.66 Å². The van der Waals surface area contributed by atoms with Crippen molar-refractivity contribution in [3.8, 4) is 5.75 Å². The third kappa shape index (κ3) is 2.67. The molecule has 2 aromatic carbocycles. The largest absolute Gasteiger partial charge is 0.464 e. The van der Waals surface area contributed by atoms with Crippen LogP contribution in [0.5, 0.6) is 5.75 Å². The minimum Gasteiger partial charge on any atom is -0.464 e. The first-order valence-electron chi connectivity index (χ1n) is 8.61. The molecule has 0 saturated carbocycles. The molecule has 0 unspecified atom stereocenters. The Labute approximate surface area is 159 Å². The fraction of sp³-hybridized carbons (Fsp3) is 0.150. The summed E-state index contributed by atoms with van der Waals surface area (Å²) >= 11 is 1.13. The first kappa shape index (κ1) is 16.0. The monoisotopic (exact) mass is 377 g/mol. The molecule has 0 fully saturated rings. The first-order valence-corrected chi connectivity index (χ1v) is 9.43. The van der Waals surface area contributed by atoms with E-state index in [0.717, 1.165) is 45.2 Å². The van der Waals surface area contributed by atoms with Crippen molar-refractivity contribution in [3.63, 3.8) is 0 Å². The molecule has 0 bridgehead atoms. The van der Waals surface area contributed by atoms with E-state index in [1.165, 1.54) is 6.07 Å². The van der Waals surface area contributed by atoms with E-state index in [1.54, 1.807) is 6.07 Å². The van der Waals surface area contributed by atoms with Crippen LogP contribution < -0.4 is 4.74 Å². The second-order valence-corrected chi connectivity index (χ2v) is 7.55. The summed E-state index contributed by atoms with van der Waals surface area (Å²) in [4.78, 5) is 11.5. The smallest absolute Gasteiger partial charge is 0.324 e. The summed E-state index contributed by atoms with van der Waals surface area (Å²) in [6.07, 6.45) is 0.304. The van der Waals surface area contributed by atoms with Gasteiger partial charge in [0.1, 0.15) is 5.75 Å². The van der Waals surface area contributed by atoms with Gasteiger partial charge in [-0.3, -0.25) is 10.1 Å². The molecule has 0 amide bonds. The lowest BCUT2D eigenvalue weighted by atomic mass is 9.96. The van der Waals surface area contributed by atoms with E-state index < -0.39 is 6.23 Å². The highest BCUT2D eigenvalue weighted by Crippen LogP contribution is 2.48. The molecule has 6 nitrogen and oxygen atoms in total. The van der Waals surface area contributed by atoms with Gasteiger partial charge in [-0.2, -0.15) is 5.10 Å². The predicted molar refractivity (Wildman–Crippen MR) is 103 cm³/mol. The third-order valence-electron chi connectivity index (χ3n) is 4.84. The zero-order chi connectivity index (χ0) is 18.4. The van der Waals surface area contributed by atoms with Gasteiger partial charge < -0.3 is 4.74 Å². The lowest BCUT2D eigenvalue weighted by Gasteiger charge is -2.37. The van der Waals surface area contributed by atoms with Crippen LogP contribution >= 0.6 is 11.3 Å². The number of fused-ring (bicyclic) bond motifs is 3. The van der Waals surface area contributed by atoms with Gasteiger partial charge in [-0.25, -0.2) is 5.01 Å². The zero-order valence-corrected chi connectivity index (χ0v) is 15.0. The number of ether oxygens (including phenoxy) is 1. The molecule has 134 valence electrons. The maximum absolute atomic E-state index is 11.1. The maximum Gasteiger partial charge on any atom is 0.324 e. The molecule has 2 atom stereocenters. The molecule has 0 aliphatic carbocycles. The fourth-order valence-electron chi connectivity index (χ4n) is 3.60. The topological polar surface area (TPSA) is 68.0 Å². The van der Waals surface area contributed by atoms with Gasteiger partial charge in [0.05, 0.1) is 21.6 Å². The normalized spacial score (nSPS) is 20.4. The Morgan fingerprint density at radius 3 is 2.63 bits per heavy atom. The van der Waals surface area contributed by atoms with Crippen LogP contribution in [0.25, 0.3) is 0 Å². The van der Waals surface area contributed by atoms with Gasteiger partial charge in [0.2, 0.25) is 6.23 Å². The van der Waals surface area contributed by atoms with Crippen molar-refractivity contribution in [2.75, 3.05) is 0 Å². The van der Waals surface area contributed by atoms with Gasteiger partial charge in [-0.15, -0.1) is 0 Å². The van der Waals surface area contributed by atoms with Gasteiger partial charge >= 0.3 is 5.00 Å². The molecule has 0 saturated heterocycles. The van der Waals surface area contributed by atoms with Crippen LogP contribution in [-0.4, -0.2) is 15.6 Å². The average Bonchev–Trinajstić information content (AvgIpc) is 3.36. The summed E-state index contributed by atoms with van der Waals surface area (Å²) in [7, 11) is 0. The number of nitrogens with zero attached hydrogens (tertiary/aromatic N) is 3. The highest BCUT2D eigenvalue weighted by Gasteiger charge is 2.41. The summed E-state index contributed by atoms with van der Waals surface area (Å²) < 4.78 is 6.22. The standard InChI is InChI=1S/C20H15N3O3S/c24-23(25)19-11-10-18(27-19)20-22-16(14-8-4-5-9-17(14)26-20)12-15(21-22)13-6-2-1-3-7-13/h1-11,16,20H,12H2/t16-,20-/m1/s1. The molecule has 2 aliphatic rings. The van der Waals surface area contributed by atoms with Gasteiger partial charge in [0.25, 0.3) is 0 Å². The van der Waals surface area contributed by atoms with Crippen LogP contribution in [0.2, 0.25) is 0 Å². The average molecular weight is 377 g/mol. The van der Waals surface area contributed by atoms with Gasteiger partial charge in [0.15, 0.2) is 0 Å². The van der Waals surface area contributed by atoms with Crippen molar-refractivity contribution in [2.24, 2.45) is 5.10 Å². The molecular formula is C20H15N3O3S. The van der Waals surface area contributed by atoms with E-state index in [9.17, 15) is 10.1 Å². The van der Waals surface area contributed by atoms with Crippen molar-refractivity contribution in [3.05, 3.63) is 92.8 Å². The van der Waals surface area contributed by atoms with Crippen molar-refractivity contribution >= 4 is 22.0 Å². The highest BCUT2D eigenvalue weighted by molar-refractivity contribution is 7.15. The van der Waals surface area contributed by atoms with Crippen LogP contribution in [0, 0.1) is 10.1 Å². The lowest BCUT2D eigenvalue weighted by molar-refractivity contribution is -0.380. The van der Waals surface area contributed by atoms with E-state index in [2.05, 4.69) is 18.2 Å². The molecule has 3 aromatic rings. The van der Waals surface area contributed by atoms with E-state index in [0.29, 0.717) is 0 Å². The Balaban J connectivity index is 1.59. The van der Waals surface area contributed by atoms with Crippen LogP contribution in [-0.2, 0) is 0 Å².